The van der Waals surface area contributed by atoms with Gasteiger partial charge in [-0.2, -0.15) is 0 Å². The highest BCUT2D eigenvalue weighted by molar-refractivity contribution is 5.91. The van der Waals surface area contributed by atoms with E-state index in [9.17, 15) is 9.59 Å². The lowest BCUT2D eigenvalue weighted by Crippen LogP contribution is -2.42. The fraction of sp³-hybridized carbons (Fsp3) is 0.636. The first-order chi connectivity index (χ1) is 13.3. The molecule has 0 bridgehead atoms. The second kappa shape index (κ2) is 8.84. The minimum Gasteiger partial charge on any atom is -0.444 e. The Morgan fingerprint density at radius 2 is 1.79 bits per heavy atom. The van der Waals surface area contributed by atoms with E-state index in [1.165, 1.54) is 18.5 Å². The number of nitrogens with one attached hydrogen (secondary N) is 1. The molecule has 2 heterocycles. The van der Waals surface area contributed by atoms with Crippen molar-refractivity contribution in [3.05, 3.63) is 24.3 Å². The van der Waals surface area contributed by atoms with Gasteiger partial charge in [0.05, 0.1) is 0 Å². The average Bonchev–Trinajstić information content (AvgIpc) is 3.15. The maximum absolute atomic E-state index is 12.5. The molecule has 0 atom stereocenters. The Morgan fingerprint density at radius 1 is 1.11 bits per heavy atom. The molecule has 0 aliphatic carbocycles. The van der Waals surface area contributed by atoms with Crippen LogP contribution in [0.15, 0.2) is 24.3 Å². The third-order valence-corrected chi connectivity index (χ3v) is 5.34. The summed E-state index contributed by atoms with van der Waals surface area (Å²) in [6.45, 7) is 9.11. The molecular weight excluding hydrogens is 354 g/mol. The summed E-state index contributed by atoms with van der Waals surface area (Å²) in [6.07, 6.45) is 4.38. The number of ether oxygens (including phenoxy) is 1. The summed E-state index contributed by atoms with van der Waals surface area (Å²) in [5.41, 5.74) is 1.57. The summed E-state index contributed by atoms with van der Waals surface area (Å²) in [6, 6.07) is 8.12. The van der Waals surface area contributed by atoms with Crippen LogP contribution >= 0.6 is 0 Å². The lowest BCUT2D eigenvalue weighted by Gasteiger charge is -2.33. The van der Waals surface area contributed by atoms with Gasteiger partial charge < -0.3 is 19.9 Å². The number of hydrogen-bond donors (Lipinski definition) is 1. The molecule has 2 amide bonds. The van der Waals surface area contributed by atoms with Crippen molar-refractivity contribution in [2.24, 2.45) is 5.92 Å². The maximum Gasteiger partial charge on any atom is 0.410 e. The largest absolute Gasteiger partial charge is 0.444 e. The summed E-state index contributed by atoms with van der Waals surface area (Å²) in [5.74, 6) is 0.356. The molecule has 0 spiro atoms. The van der Waals surface area contributed by atoms with E-state index in [0.29, 0.717) is 25.4 Å². The monoisotopic (exact) mass is 387 g/mol. The molecule has 28 heavy (non-hydrogen) atoms. The number of carbonyl (C=O) groups excluding carboxylic acids is 2. The van der Waals surface area contributed by atoms with Crippen LogP contribution in [-0.4, -0.2) is 48.7 Å². The second-order valence-electron chi connectivity index (χ2n) is 8.91. The van der Waals surface area contributed by atoms with Crippen LogP contribution in [0.4, 0.5) is 16.2 Å². The summed E-state index contributed by atoms with van der Waals surface area (Å²) >= 11 is 0. The van der Waals surface area contributed by atoms with Crippen molar-refractivity contribution in [3.8, 4) is 0 Å². The van der Waals surface area contributed by atoms with Crippen LogP contribution in [0.3, 0.4) is 0 Å². The number of anilines is 2. The number of amides is 2. The van der Waals surface area contributed by atoms with Crippen molar-refractivity contribution >= 4 is 23.4 Å². The van der Waals surface area contributed by atoms with Crippen molar-refractivity contribution in [1.82, 2.24) is 4.90 Å². The molecule has 1 aromatic carbocycles. The number of benzene rings is 1. The van der Waals surface area contributed by atoms with Gasteiger partial charge in [-0.05, 0) is 70.6 Å². The third kappa shape index (κ3) is 5.88. The minimum atomic E-state index is -0.475. The number of rotatable bonds is 4. The van der Waals surface area contributed by atoms with Gasteiger partial charge in [-0.25, -0.2) is 4.79 Å². The van der Waals surface area contributed by atoms with E-state index in [0.717, 1.165) is 31.6 Å². The fourth-order valence-corrected chi connectivity index (χ4v) is 3.88. The van der Waals surface area contributed by atoms with E-state index in [2.05, 4.69) is 22.3 Å². The topological polar surface area (TPSA) is 61.9 Å². The lowest BCUT2D eigenvalue weighted by molar-refractivity contribution is -0.117. The van der Waals surface area contributed by atoms with E-state index in [-0.39, 0.29) is 12.0 Å². The summed E-state index contributed by atoms with van der Waals surface area (Å²) < 4.78 is 5.43. The zero-order valence-corrected chi connectivity index (χ0v) is 17.4. The first-order valence-corrected chi connectivity index (χ1v) is 10.4. The minimum absolute atomic E-state index is 0.0503. The van der Waals surface area contributed by atoms with Crippen molar-refractivity contribution in [1.29, 1.82) is 0 Å². The molecule has 0 unspecified atom stereocenters. The molecule has 2 saturated heterocycles. The molecule has 1 aromatic rings. The van der Waals surface area contributed by atoms with Crippen molar-refractivity contribution in [3.63, 3.8) is 0 Å². The number of nitrogens with zero attached hydrogens (tertiary/aromatic N) is 2. The SMILES string of the molecule is CC(C)(C)OC(=O)N1CCC(CC(=O)Nc2cccc(N3CCCC3)c2)CC1. The molecule has 0 aromatic heterocycles. The highest BCUT2D eigenvalue weighted by atomic mass is 16.6. The van der Waals surface area contributed by atoms with Gasteiger partial charge in [0.1, 0.15) is 5.60 Å². The van der Waals surface area contributed by atoms with Gasteiger partial charge in [0.25, 0.3) is 0 Å². The number of likely N-dealkylation sites (tertiary alicyclic amines) is 1. The van der Waals surface area contributed by atoms with E-state index in [1.807, 2.05) is 32.9 Å². The Hall–Kier alpha value is -2.24. The molecule has 0 radical (unpaired) electrons. The zero-order chi connectivity index (χ0) is 20.1. The Balaban J connectivity index is 1.45. The average molecular weight is 388 g/mol. The Morgan fingerprint density at radius 3 is 2.43 bits per heavy atom. The lowest BCUT2D eigenvalue weighted by atomic mass is 9.93. The van der Waals surface area contributed by atoms with Crippen LogP contribution in [0, 0.1) is 5.92 Å². The molecule has 0 saturated carbocycles. The zero-order valence-electron chi connectivity index (χ0n) is 17.4. The quantitative estimate of drug-likeness (QED) is 0.838. The molecule has 154 valence electrons. The second-order valence-corrected chi connectivity index (χ2v) is 8.91. The molecule has 6 heteroatoms. The van der Waals surface area contributed by atoms with Gasteiger partial charge in [0.15, 0.2) is 0 Å². The van der Waals surface area contributed by atoms with Crippen LogP contribution in [0.5, 0.6) is 0 Å². The van der Waals surface area contributed by atoms with Crippen LogP contribution < -0.4 is 10.2 Å². The van der Waals surface area contributed by atoms with E-state index in [1.54, 1.807) is 4.90 Å². The Kier molecular flexibility index (Phi) is 6.47. The van der Waals surface area contributed by atoms with Crippen molar-refractivity contribution < 1.29 is 14.3 Å². The summed E-state index contributed by atoms with van der Waals surface area (Å²) in [7, 11) is 0. The number of piperidine rings is 1. The first kappa shape index (κ1) is 20.5. The number of hydrogen-bond acceptors (Lipinski definition) is 4. The van der Waals surface area contributed by atoms with E-state index in [4.69, 9.17) is 4.74 Å². The van der Waals surface area contributed by atoms with Crippen LogP contribution in [0.2, 0.25) is 0 Å². The van der Waals surface area contributed by atoms with E-state index < -0.39 is 5.60 Å². The molecule has 2 aliphatic rings. The van der Waals surface area contributed by atoms with Gasteiger partial charge in [0, 0.05) is 44.0 Å². The highest BCUT2D eigenvalue weighted by Crippen LogP contribution is 2.25. The summed E-state index contributed by atoms with van der Waals surface area (Å²) in [4.78, 5) is 28.7. The van der Waals surface area contributed by atoms with Gasteiger partial charge in [-0.1, -0.05) is 6.07 Å². The van der Waals surface area contributed by atoms with Gasteiger partial charge >= 0.3 is 6.09 Å². The third-order valence-electron chi connectivity index (χ3n) is 5.34. The molecule has 2 aliphatic heterocycles. The maximum atomic E-state index is 12.5. The van der Waals surface area contributed by atoms with Crippen LogP contribution in [0.1, 0.15) is 52.9 Å². The normalized spacial score (nSPS) is 18.2. The number of carbonyl (C=O) groups is 2. The van der Waals surface area contributed by atoms with E-state index >= 15 is 0 Å². The smallest absolute Gasteiger partial charge is 0.410 e. The predicted molar refractivity (Wildman–Crippen MR) is 112 cm³/mol. The van der Waals surface area contributed by atoms with Crippen molar-refractivity contribution in [2.45, 2.75) is 58.5 Å². The van der Waals surface area contributed by atoms with Crippen molar-refractivity contribution in [2.75, 3.05) is 36.4 Å². The molecule has 3 rings (SSSR count). The predicted octanol–water partition coefficient (Wildman–Crippen LogP) is 4.26. The molecular formula is C22H33N3O3. The molecule has 2 fully saturated rings. The van der Waals surface area contributed by atoms with Crippen LogP contribution in [0.25, 0.3) is 0 Å². The Bertz CT molecular complexity index is 685. The summed E-state index contributed by atoms with van der Waals surface area (Å²) in [5, 5.41) is 3.05. The first-order valence-electron chi connectivity index (χ1n) is 10.4. The van der Waals surface area contributed by atoms with Crippen LogP contribution in [-0.2, 0) is 9.53 Å². The Labute approximate surface area is 168 Å². The van der Waals surface area contributed by atoms with Gasteiger partial charge in [-0.15, -0.1) is 0 Å². The fourth-order valence-electron chi connectivity index (χ4n) is 3.88. The van der Waals surface area contributed by atoms with Gasteiger partial charge in [0.2, 0.25) is 5.91 Å². The standard InChI is InChI=1S/C22H33N3O3/c1-22(2,3)28-21(27)25-13-9-17(10-14-25)15-20(26)23-18-7-6-8-19(16-18)24-11-4-5-12-24/h6-8,16-17H,4-5,9-15H2,1-3H3,(H,23,26). The molecule has 1 N–H and O–H groups in total. The van der Waals surface area contributed by atoms with Gasteiger partial charge in [-0.3, -0.25) is 4.79 Å². The highest BCUT2D eigenvalue weighted by Gasteiger charge is 2.27. The molecule has 6 nitrogen and oxygen atoms in total.